The highest BCUT2D eigenvalue weighted by Crippen LogP contribution is 2.62. The summed E-state index contributed by atoms with van der Waals surface area (Å²) in [4.78, 5) is 35.5. The molecule has 4 aliphatic rings. The number of alkyl halides is 1. The van der Waals surface area contributed by atoms with Gasteiger partial charge in [-0.15, -0.1) is 0 Å². The zero-order valence-corrected chi connectivity index (χ0v) is 16.5. The van der Waals surface area contributed by atoms with Gasteiger partial charge in [0.2, 0.25) is 0 Å². The first-order valence-corrected chi connectivity index (χ1v) is 9.84. The second kappa shape index (κ2) is 6.36. The number of ether oxygens (including phenoxy) is 1. The fourth-order valence-electron chi connectivity index (χ4n) is 5.79. The Hall–Kier alpha value is -2.30. The molecule has 0 aromatic carbocycles. The minimum atomic E-state index is -1.16. The molecule has 4 nitrogen and oxygen atoms in total. The molecule has 1 fully saturated rings. The minimum absolute atomic E-state index is 0.0176. The van der Waals surface area contributed by atoms with Gasteiger partial charge in [-0.3, -0.25) is 14.4 Å². The Morgan fingerprint density at radius 1 is 1.25 bits per heavy atom. The molecule has 5 atom stereocenters. The summed E-state index contributed by atoms with van der Waals surface area (Å²) in [7, 11) is 0. The number of carbonyl (C=O) groups is 3. The van der Waals surface area contributed by atoms with Crippen molar-refractivity contribution < 1.29 is 23.5 Å². The number of allylic oxidation sites excluding steroid dienone is 7. The van der Waals surface area contributed by atoms with Gasteiger partial charge in [-0.1, -0.05) is 30.7 Å². The highest BCUT2D eigenvalue weighted by molar-refractivity contribution is 6.02. The summed E-state index contributed by atoms with van der Waals surface area (Å²) >= 11 is 0. The molecular formula is C23H25FO4. The SMILES string of the molecule is CC(=O)OCC(=O)C1=CCC2[C@@H]3C[C@@H](F)C4=CC(=O)C=C[C@]4(C)C3=CC[C@]12C. The van der Waals surface area contributed by atoms with E-state index in [2.05, 4.69) is 13.0 Å². The molecule has 0 amide bonds. The third-order valence-electron chi connectivity index (χ3n) is 7.22. The summed E-state index contributed by atoms with van der Waals surface area (Å²) in [5.74, 6) is -0.649. The van der Waals surface area contributed by atoms with Gasteiger partial charge in [0, 0.05) is 23.3 Å². The number of esters is 1. The molecule has 0 spiro atoms. The van der Waals surface area contributed by atoms with Gasteiger partial charge in [0.1, 0.15) is 6.17 Å². The Kier molecular flexibility index (Phi) is 4.32. The van der Waals surface area contributed by atoms with Crippen molar-refractivity contribution in [3.8, 4) is 0 Å². The molecule has 1 unspecified atom stereocenters. The molecule has 4 aliphatic carbocycles. The van der Waals surface area contributed by atoms with Gasteiger partial charge in [-0.05, 0) is 55.7 Å². The van der Waals surface area contributed by atoms with Crippen molar-refractivity contribution in [2.24, 2.45) is 22.7 Å². The number of fused-ring (bicyclic) bond motifs is 5. The van der Waals surface area contributed by atoms with Crippen LogP contribution >= 0.6 is 0 Å². The maximum atomic E-state index is 15.1. The van der Waals surface area contributed by atoms with Crippen LogP contribution in [0.15, 0.2) is 47.1 Å². The molecule has 0 aromatic heterocycles. The molecular weight excluding hydrogens is 359 g/mol. The van der Waals surface area contributed by atoms with E-state index in [4.69, 9.17) is 4.74 Å². The maximum absolute atomic E-state index is 15.1. The van der Waals surface area contributed by atoms with Crippen LogP contribution in [0.1, 0.15) is 40.0 Å². The molecule has 0 aromatic rings. The van der Waals surface area contributed by atoms with Crippen molar-refractivity contribution >= 4 is 17.5 Å². The average molecular weight is 384 g/mol. The maximum Gasteiger partial charge on any atom is 0.303 e. The molecule has 148 valence electrons. The molecule has 28 heavy (non-hydrogen) atoms. The fraction of sp³-hybridized carbons (Fsp3) is 0.522. The van der Waals surface area contributed by atoms with E-state index in [-0.39, 0.29) is 35.4 Å². The highest BCUT2D eigenvalue weighted by Gasteiger charge is 2.56. The van der Waals surface area contributed by atoms with Crippen molar-refractivity contribution in [2.45, 2.75) is 46.2 Å². The lowest BCUT2D eigenvalue weighted by Gasteiger charge is -2.52. The molecule has 0 N–H and O–H groups in total. The zero-order valence-electron chi connectivity index (χ0n) is 16.5. The summed E-state index contributed by atoms with van der Waals surface area (Å²) in [5.41, 5.74) is 1.48. The number of Topliss-reactive ketones (excluding diaryl/α,β-unsaturated/α-hetero) is 1. The number of ketones is 2. The number of hydrogen-bond acceptors (Lipinski definition) is 4. The number of rotatable bonds is 3. The van der Waals surface area contributed by atoms with Gasteiger partial charge in [0.05, 0.1) is 0 Å². The lowest BCUT2D eigenvalue weighted by atomic mass is 9.52. The predicted molar refractivity (Wildman–Crippen MR) is 102 cm³/mol. The van der Waals surface area contributed by atoms with Gasteiger partial charge in [-0.2, -0.15) is 0 Å². The Bertz CT molecular complexity index is 892. The first-order chi connectivity index (χ1) is 13.2. The van der Waals surface area contributed by atoms with Crippen LogP contribution in [0.25, 0.3) is 0 Å². The summed E-state index contributed by atoms with van der Waals surface area (Å²) in [6, 6.07) is 0. The lowest BCUT2D eigenvalue weighted by molar-refractivity contribution is -0.145. The van der Waals surface area contributed by atoms with Crippen LogP contribution in [0.2, 0.25) is 0 Å². The second-order valence-electron chi connectivity index (χ2n) is 8.79. The van der Waals surface area contributed by atoms with Crippen LogP contribution in [0.3, 0.4) is 0 Å². The first kappa shape index (κ1) is 19.0. The Balaban J connectivity index is 1.67. The molecule has 4 rings (SSSR count). The molecule has 0 saturated heterocycles. The second-order valence-corrected chi connectivity index (χ2v) is 8.79. The van der Waals surface area contributed by atoms with E-state index >= 15 is 4.39 Å². The average Bonchev–Trinajstić information content (AvgIpc) is 2.99. The monoisotopic (exact) mass is 384 g/mol. The smallest absolute Gasteiger partial charge is 0.303 e. The van der Waals surface area contributed by atoms with Crippen molar-refractivity contribution in [3.05, 3.63) is 47.1 Å². The minimum Gasteiger partial charge on any atom is -0.457 e. The predicted octanol–water partition coefficient (Wildman–Crippen LogP) is 3.83. The highest BCUT2D eigenvalue weighted by atomic mass is 19.1. The largest absolute Gasteiger partial charge is 0.457 e. The van der Waals surface area contributed by atoms with Gasteiger partial charge in [0.15, 0.2) is 18.2 Å². The van der Waals surface area contributed by atoms with E-state index in [0.717, 1.165) is 0 Å². The van der Waals surface area contributed by atoms with Crippen LogP contribution in [-0.2, 0) is 19.1 Å². The third-order valence-corrected chi connectivity index (χ3v) is 7.22. The van der Waals surface area contributed by atoms with E-state index < -0.39 is 17.6 Å². The summed E-state index contributed by atoms with van der Waals surface area (Å²) < 4.78 is 20.0. The molecule has 1 saturated carbocycles. The van der Waals surface area contributed by atoms with Crippen LogP contribution in [0.5, 0.6) is 0 Å². The van der Waals surface area contributed by atoms with Crippen molar-refractivity contribution in [1.82, 2.24) is 0 Å². The van der Waals surface area contributed by atoms with E-state index in [0.29, 0.717) is 30.4 Å². The Morgan fingerprint density at radius 3 is 2.71 bits per heavy atom. The molecule has 0 radical (unpaired) electrons. The van der Waals surface area contributed by atoms with Crippen LogP contribution < -0.4 is 0 Å². The van der Waals surface area contributed by atoms with Gasteiger partial charge in [-0.25, -0.2) is 4.39 Å². The Morgan fingerprint density at radius 2 is 2.00 bits per heavy atom. The van der Waals surface area contributed by atoms with Crippen LogP contribution in [0, 0.1) is 22.7 Å². The fourth-order valence-corrected chi connectivity index (χ4v) is 5.79. The summed E-state index contributed by atoms with van der Waals surface area (Å²) in [6.07, 6.45) is 9.51. The number of hydrogen-bond donors (Lipinski definition) is 0. The van der Waals surface area contributed by atoms with Crippen molar-refractivity contribution in [1.29, 1.82) is 0 Å². The quantitative estimate of drug-likeness (QED) is 0.548. The van der Waals surface area contributed by atoms with E-state index in [1.54, 1.807) is 0 Å². The number of halogens is 1. The topological polar surface area (TPSA) is 60.4 Å². The molecule has 5 heteroatoms. The molecule has 0 heterocycles. The zero-order chi connectivity index (χ0) is 20.3. The normalized spacial score (nSPS) is 38.5. The van der Waals surface area contributed by atoms with Gasteiger partial charge >= 0.3 is 5.97 Å². The van der Waals surface area contributed by atoms with Crippen LogP contribution in [0.4, 0.5) is 4.39 Å². The van der Waals surface area contributed by atoms with Gasteiger partial charge in [0.25, 0.3) is 0 Å². The standard InChI is InChI=1S/C23H25FO4/c1-13(25)28-12-21(27)18-5-4-16-15-11-20(24)19-10-14(26)6-8-23(19,3)17(15)7-9-22(16,18)2/h5-8,10,15-16,20H,4,9,11-12H2,1-3H3/t15-,16?,20+,22-,23+/m0/s1. The van der Waals surface area contributed by atoms with Crippen LogP contribution in [-0.4, -0.2) is 30.3 Å². The van der Waals surface area contributed by atoms with Crippen molar-refractivity contribution in [2.75, 3.05) is 6.61 Å². The first-order valence-electron chi connectivity index (χ1n) is 9.84. The van der Waals surface area contributed by atoms with E-state index in [9.17, 15) is 14.4 Å². The van der Waals surface area contributed by atoms with Crippen molar-refractivity contribution in [3.63, 3.8) is 0 Å². The third kappa shape index (κ3) is 2.66. The summed E-state index contributed by atoms with van der Waals surface area (Å²) in [6.45, 7) is 5.10. The van der Waals surface area contributed by atoms with E-state index in [1.807, 2.05) is 19.1 Å². The van der Waals surface area contributed by atoms with E-state index in [1.165, 1.54) is 24.6 Å². The molecule has 0 bridgehead atoms. The lowest BCUT2D eigenvalue weighted by Crippen LogP contribution is -2.46. The molecule has 0 aliphatic heterocycles. The van der Waals surface area contributed by atoms with Gasteiger partial charge < -0.3 is 4.74 Å². The summed E-state index contributed by atoms with van der Waals surface area (Å²) in [5, 5.41) is 0. The Labute approximate surface area is 164 Å². The number of carbonyl (C=O) groups excluding carboxylic acids is 3.